The summed E-state index contributed by atoms with van der Waals surface area (Å²) in [4.78, 5) is 58.6. The van der Waals surface area contributed by atoms with E-state index in [1.165, 1.54) is 57.8 Å². The summed E-state index contributed by atoms with van der Waals surface area (Å²) >= 11 is 0. The van der Waals surface area contributed by atoms with E-state index in [1.54, 1.807) is 0 Å². The number of phosphoric ester groups is 2. The number of aliphatic hydroxyl groups excluding tert-OH is 2. The maximum absolute atomic E-state index is 12.9. The first-order chi connectivity index (χ1) is 49.2. The molecular weight excluding hydrogens is 1310 g/mol. The Labute approximate surface area is 613 Å². The molecule has 0 aromatic rings. The van der Waals surface area contributed by atoms with Crippen molar-refractivity contribution in [3.05, 3.63) is 146 Å². The van der Waals surface area contributed by atoms with E-state index >= 15 is 0 Å². The molecule has 0 radical (unpaired) electrons. The minimum Gasteiger partial charge on any atom is -0.463 e. The molecular formula is C83H140O16P2. The molecule has 0 aliphatic heterocycles. The van der Waals surface area contributed by atoms with Gasteiger partial charge in [-0.1, -0.05) is 295 Å². The third-order valence-electron chi connectivity index (χ3n) is 16.0. The molecule has 0 aliphatic carbocycles. The lowest BCUT2D eigenvalue weighted by atomic mass is 10.0. The highest BCUT2D eigenvalue weighted by atomic mass is 31.2. The van der Waals surface area contributed by atoms with Crippen molar-refractivity contribution < 1.29 is 75.8 Å². The fourth-order valence-corrected chi connectivity index (χ4v) is 11.7. The van der Waals surface area contributed by atoms with E-state index in [-0.39, 0.29) is 19.3 Å². The van der Waals surface area contributed by atoms with Crippen molar-refractivity contribution in [2.75, 3.05) is 39.6 Å². The van der Waals surface area contributed by atoms with Crippen molar-refractivity contribution in [3.8, 4) is 0 Å². The van der Waals surface area contributed by atoms with Gasteiger partial charge in [-0.05, 0) is 135 Å². The second-order valence-corrected chi connectivity index (χ2v) is 28.7. The lowest BCUT2D eigenvalue weighted by Crippen LogP contribution is -2.30. The number of rotatable bonds is 73. The summed E-state index contributed by atoms with van der Waals surface area (Å²) in [6.07, 6.45) is 91.9. The Hall–Kier alpha value is -4.57. The molecule has 0 saturated carbocycles. The molecule has 101 heavy (non-hydrogen) atoms. The highest BCUT2D eigenvalue weighted by Crippen LogP contribution is 2.45. The Morgan fingerprint density at radius 1 is 0.287 bits per heavy atom. The Morgan fingerprint density at radius 2 is 0.525 bits per heavy atom. The summed E-state index contributed by atoms with van der Waals surface area (Å²) in [5, 5.41) is 20.6. The van der Waals surface area contributed by atoms with Gasteiger partial charge in [-0.3, -0.25) is 32.5 Å². The van der Waals surface area contributed by atoms with E-state index in [9.17, 15) is 43.5 Å². The molecule has 18 heteroatoms. The summed E-state index contributed by atoms with van der Waals surface area (Å²) in [5.41, 5.74) is 0. The predicted molar refractivity (Wildman–Crippen MR) is 417 cm³/mol. The Balaban J connectivity index is 4.51. The van der Waals surface area contributed by atoms with Gasteiger partial charge >= 0.3 is 33.6 Å². The van der Waals surface area contributed by atoms with Gasteiger partial charge in [0.2, 0.25) is 0 Å². The summed E-state index contributed by atoms with van der Waals surface area (Å²) in [6.45, 7) is 2.36. The van der Waals surface area contributed by atoms with E-state index < -0.39 is 91.5 Å². The molecule has 0 aromatic heterocycles. The standard InChI is InChI=1S/C83H140O16P2/c1-4-7-10-13-16-19-22-25-27-29-31-33-35-36-37-38-39-40-42-44-45-47-49-52-54-57-60-63-66-69-81(86)93-72-78(84)73-95-100(89,90)96-74-79(85)75-97-101(91,92)98-77-80(99-83(88)71-68-65-62-59-56-51-24-21-18-15-12-9-6-3)76-94-82(87)70-67-64-61-58-55-53-50-48-46-43-41-34-32-30-28-26-23-20-17-14-11-8-5-2/h7-8,10-12,15-17,19-21,24-28,31-34,36-37,43,46,78-80,84-85H,4-6,9,13-14,18,22-23,29-30,35,38-42,44-45,47-77H2,1-3H3,(H,89,90)(H,91,92)/b10-7-,11-8-,15-12-,19-16-,20-17-,24-21-,27-25-,28-26-,33-31-,34-32-,37-36-,46-43-. The smallest absolute Gasteiger partial charge is 0.463 e. The van der Waals surface area contributed by atoms with Crippen molar-refractivity contribution >= 4 is 33.6 Å². The van der Waals surface area contributed by atoms with Gasteiger partial charge in [-0.2, -0.15) is 0 Å². The molecule has 0 amide bonds. The van der Waals surface area contributed by atoms with Gasteiger partial charge in [-0.15, -0.1) is 0 Å². The molecule has 0 aromatic carbocycles. The average molecular weight is 1460 g/mol. The Bertz CT molecular complexity index is 2420. The number of unbranched alkanes of at least 4 members (excludes halogenated alkanes) is 26. The molecule has 578 valence electrons. The largest absolute Gasteiger partial charge is 0.472 e. The van der Waals surface area contributed by atoms with Crippen molar-refractivity contribution in [3.63, 3.8) is 0 Å². The third-order valence-corrected chi connectivity index (χ3v) is 17.9. The summed E-state index contributed by atoms with van der Waals surface area (Å²) in [7, 11) is -9.80. The lowest BCUT2D eigenvalue weighted by Gasteiger charge is -2.21. The van der Waals surface area contributed by atoms with Gasteiger partial charge in [0.1, 0.15) is 25.4 Å². The normalized spacial score (nSPS) is 14.8. The molecule has 0 bridgehead atoms. The van der Waals surface area contributed by atoms with Gasteiger partial charge < -0.3 is 34.2 Å². The molecule has 0 spiro atoms. The first-order valence-corrected chi connectivity index (χ1v) is 42.1. The number of hydrogen-bond acceptors (Lipinski definition) is 14. The zero-order valence-electron chi connectivity index (χ0n) is 63.0. The molecule has 0 fully saturated rings. The molecule has 4 N–H and O–H groups in total. The van der Waals surface area contributed by atoms with E-state index in [0.717, 1.165) is 186 Å². The first-order valence-electron chi connectivity index (χ1n) is 39.1. The monoisotopic (exact) mass is 1450 g/mol. The van der Waals surface area contributed by atoms with Crippen LogP contribution in [0, 0.1) is 0 Å². The number of ether oxygens (including phenoxy) is 3. The topological polar surface area (TPSA) is 231 Å². The van der Waals surface area contributed by atoms with Crippen LogP contribution < -0.4 is 0 Å². The molecule has 0 aliphatic rings. The first kappa shape index (κ1) is 96.4. The van der Waals surface area contributed by atoms with Crippen molar-refractivity contribution in [2.45, 2.75) is 322 Å². The molecule has 0 rings (SSSR count). The maximum Gasteiger partial charge on any atom is 0.472 e. The number of allylic oxidation sites excluding steroid dienone is 24. The quantitative estimate of drug-likeness (QED) is 0.0146. The predicted octanol–water partition coefficient (Wildman–Crippen LogP) is 22.9. The van der Waals surface area contributed by atoms with Gasteiger partial charge in [0.25, 0.3) is 0 Å². The van der Waals surface area contributed by atoms with E-state index in [1.807, 2.05) is 0 Å². The zero-order chi connectivity index (χ0) is 73.7. The second-order valence-electron chi connectivity index (χ2n) is 25.7. The lowest BCUT2D eigenvalue weighted by molar-refractivity contribution is -0.161. The fourth-order valence-electron chi connectivity index (χ4n) is 10.1. The van der Waals surface area contributed by atoms with Crippen molar-refractivity contribution in [2.24, 2.45) is 0 Å². The van der Waals surface area contributed by atoms with Crippen LogP contribution in [0.4, 0.5) is 0 Å². The minimum absolute atomic E-state index is 0.0823. The van der Waals surface area contributed by atoms with Gasteiger partial charge in [0.05, 0.1) is 26.4 Å². The summed E-state index contributed by atoms with van der Waals surface area (Å²) in [5.74, 6) is -1.61. The second kappa shape index (κ2) is 75.1. The average Bonchev–Trinajstić information content (AvgIpc) is 0.933. The van der Waals surface area contributed by atoms with Gasteiger partial charge in [0, 0.05) is 19.3 Å². The van der Waals surface area contributed by atoms with Crippen LogP contribution in [0.15, 0.2) is 146 Å². The van der Waals surface area contributed by atoms with E-state index in [2.05, 4.69) is 167 Å². The Morgan fingerprint density at radius 3 is 0.832 bits per heavy atom. The molecule has 5 atom stereocenters. The highest BCUT2D eigenvalue weighted by Gasteiger charge is 2.29. The van der Waals surface area contributed by atoms with Crippen molar-refractivity contribution in [1.82, 2.24) is 0 Å². The van der Waals surface area contributed by atoms with E-state index in [0.29, 0.717) is 19.3 Å². The molecule has 0 saturated heterocycles. The number of phosphoric acid groups is 2. The number of esters is 3. The van der Waals surface area contributed by atoms with Crippen LogP contribution in [-0.4, -0.2) is 95.9 Å². The van der Waals surface area contributed by atoms with Crippen LogP contribution in [0.5, 0.6) is 0 Å². The minimum atomic E-state index is -4.94. The molecule has 0 heterocycles. The Kier molecular flexibility index (Phi) is 71.7. The van der Waals surface area contributed by atoms with Crippen molar-refractivity contribution in [1.29, 1.82) is 0 Å². The van der Waals surface area contributed by atoms with Crippen LogP contribution in [0.2, 0.25) is 0 Å². The van der Waals surface area contributed by atoms with Crippen LogP contribution in [0.1, 0.15) is 303 Å². The number of hydrogen-bond donors (Lipinski definition) is 4. The summed E-state index contributed by atoms with van der Waals surface area (Å²) in [6, 6.07) is 0. The van der Waals surface area contributed by atoms with Crippen LogP contribution in [0.25, 0.3) is 0 Å². The third kappa shape index (κ3) is 76.4. The number of carbonyl (C=O) groups is 3. The molecule has 5 unspecified atom stereocenters. The maximum atomic E-state index is 12.9. The SMILES string of the molecule is CC/C=C\C/C=C\C/C=C\C/C=C\C/C=C\CCCCCCCCCCCCCCCC(=O)OCC(O)COP(=O)(O)OCC(O)COP(=O)(O)OCC(COC(=O)CCCCCCCCC/C=C\C/C=C\C/C=C\C/C=C\C/C=C\CC)OC(=O)CCCCCCC/C=C\C/C=C\CCC. The summed E-state index contributed by atoms with van der Waals surface area (Å²) < 4.78 is 61.1. The zero-order valence-corrected chi connectivity index (χ0v) is 64.8. The highest BCUT2D eigenvalue weighted by molar-refractivity contribution is 7.47. The van der Waals surface area contributed by atoms with E-state index in [4.69, 9.17) is 32.3 Å². The van der Waals surface area contributed by atoms with Crippen LogP contribution in [0.3, 0.4) is 0 Å². The van der Waals surface area contributed by atoms with Gasteiger partial charge in [-0.25, -0.2) is 9.13 Å². The van der Waals surface area contributed by atoms with Crippen LogP contribution >= 0.6 is 15.6 Å². The van der Waals surface area contributed by atoms with Crippen LogP contribution in [-0.2, 0) is 55.8 Å². The number of aliphatic hydroxyl groups is 2. The van der Waals surface area contributed by atoms with Gasteiger partial charge in [0.15, 0.2) is 6.10 Å². The number of carbonyl (C=O) groups excluding carboxylic acids is 3. The fraction of sp³-hybridized carbons (Fsp3) is 0.675. The molecule has 16 nitrogen and oxygen atoms in total.